The first-order chi connectivity index (χ1) is 11.1. The Morgan fingerprint density at radius 1 is 0.957 bits per heavy atom. The molecule has 0 aliphatic rings. The molecule has 0 saturated heterocycles. The molecule has 120 valence electrons. The van der Waals surface area contributed by atoms with Gasteiger partial charge in [0.25, 0.3) is 5.91 Å². The zero-order valence-corrected chi connectivity index (χ0v) is 13.0. The first-order valence-corrected chi connectivity index (χ1v) is 7.44. The van der Waals surface area contributed by atoms with Crippen molar-refractivity contribution in [2.24, 2.45) is 0 Å². The van der Waals surface area contributed by atoms with Crippen molar-refractivity contribution >= 4 is 11.8 Å². The van der Waals surface area contributed by atoms with Crippen LogP contribution in [0.1, 0.15) is 15.9 Å². The summed E-state index contributed by atoms with van der Waals surface area (Å²) in [7, 11) is 0. The molecule has 0 heterocycles. The van der Waals surface area contributed by atoms with E-state index < -0.39 is 0 Å². The number of benzene rings is 2. The average molecular weight is 312 g/mol. The van der Waals surface area contributed by atoms with Crippen LogP contribution in [-0.4, -0.2) is 31.5 Å². The molecular weight excluding hydrogens is 292 g/mol. The van der Waals surface area contributed by atoms with E-state index in [1.165, 1.54) is 5.56 Å². The van der Waals surface area contributed by atoms with Crippen molar-refractivity contribution in [1.82, 2.24) is 10.6 Å². The molecule has 5 nitrogen and oxygen atoms in total. The van der Waals surface area contributed by atoms with Crippen LogP contribution in [0.2, 0.25) is 0 Å². The minimum atomic E-state index is -0.267. The summed E-state index contributed by atoms with van der Waals surface area (Å²) in [6.07, 6.45) is 0. The van der Waals surface area contributed by atoms with Crippen molar-refractivity contribution in [2.45, 2.75) is 6.92 Å². The fraction of sp³-hybridized carbons (Fsp3) is 0.222. The lowest BCUT2D eigenvalue weighted by atomic mass is 10.2. The predicted octanol–water partition coefficient (Wildman–Crippen LogP) is 1.92. The van der Waals surface area contributed by atoms with Gasteiger partial charge < -0.3 is 15.4 Å². The molecule has 0 radical (unpaired) electrons. The topological polar surface area (TPSA) is 67.4 Å². The first kappa shape index (κ1) is 16.5. The van der Waals surface area contributed by atoms with Crippen molar-refractivity contribution in [3.63, 3.8) is 0 Å². The molecule has 0 unspecified atom stereocenters. The summed E-state index contributed by atoms with van der Waals surface area (Å²) in [5.41, 5.74) is 1.70. The third kappa shape index (κ3) is 5.82. The second-order valence-electron chi connectivity index (χ2n) is 5.06. The third-order valence-corrected chi connectivity index (χ3v) is 3.16. The summed E-state index contributed by atoms with van der Waals surface area (Å²) in [6, 6.07) is 16.5. The maximum atomic E-state index is 11.8. The van der Waals surface area contributed by atoms with E-state index in [0.717, 1.165) is 5.75 Å². The number of ether oxygens (including phenoxy) is 1. The molecule has 0 aliphatic carbocycles. The summed E-state index contributed by atoms with van der Waals surface area (Å²) in [5, 5.41) is 5.26. The number of carbonyl (C=O) groups excluding carboxylic acids is 2. The van der Waals surface area contributed by atoms with Gasteiger partial charge in [0.15, 0.2) is 0 Å². The van der Waals surface area contributed by atoms with Crippen molar-refractivity contribution in [2.75, 3.05) is 19.7 Å². The molecule has 23 heavy (non-hydrogen) atoms. The van der Waals surface area contributed by atoms with Crippen LogP contribution in [0.4, 0.5) is 0 Å². The molecule has 0 saturated carbocycles. The van der Waals surface area contributed by atoms with Crippen LogP contribution in [-0.2, 0) is 4.79 Å². The predicted molar refractivity (Wildman–Crippen MR) is 88.5 cm³/mol. The largest absolute Gasteiger partial charge is 0.492 e. The summed E-state index contributed by atoms with van der Waals surface area (Å²) in [5.74, 6) is 0.251. The fourth-order valence-electron chi connectivity index (χ4n) is 1.91. The normalized spacial score (nSPS) is 9.96. The lowest BCUT2D eigenvalue weighted by Gasteiger charge is -2.09. The highest BCUT2D eigenvalue weighted by atomic mass is 16.5. The van der Waals surface area contributed by atoms with E-state index in [2.05, 4.69) is 10.6 Å². The van der Waals surface area contributed by atoms with Gasteiger partial charge in [0.1, 0.15) is 12.4 Å². The average Bonchev–Trinajstić information content (AvgIpc) is 2.59. The van der Waals surface area contributed by atoms with Crippen molar-refractivity contribution < 1.29 is 14.3 Å². The number of hydrogen-bond acceptors (Lipinski definition) is 3. The van der Waals surface area contributed by atoms with Gasteiger partial charge in [-0.2, -0.15) is 0 Å². The Labute approximate surface area is 135 Å². The van der Waals surface area contributed by atoms with Gasteiger partial charge in [-0.3, -0.25) is 9.59 Å². The van der Waals surface area contributed by atoms with Gasteiger partial charge in [0.05, 0.1) is 13.1 Å². The second-order valence-corrected chi connectivity index (χ2v) is 5.06. The molecule has 2 rings (SSSR count). The quantitative estimate of drug-likeness (QED) is 0.768. The Morgan fingerprint density at radius 2 is 1.65 bits per heavy atom. The number of amides is 2. The maximum absolute atomic E-state index is 11.8. The Balaban J connectivity index is 1.62. The number of nitrogens with one attached hydrogen (secondary N) is 2. The van der Waals surface area contributed by atoms with Crippen LogP contribution in [0.5, 0.6) is 5.75 Å². The van der Waals surface area contributed by atoms with Gasteiger partial charge in [-0.05, 0) is 31.2 Å². The summed E-state index contributed by atoms with van der Waals surface area (Å²) in [4.78, 5) is 23.4. The van der Waals surface area contributed by atoms with Gasteiger partial charge in [-0.25, -0.2) is 0 Å². The van der Waals surface area contributed by atoms with Crippen LogP contribution in [0, 0.1) is 6.92 Å². The van der Waals surface area contributed by atoms with Crippen LogP contribution in [0.3, 0.4) is 0 Å². The van der Waals surface area contributed by atoms with Crippen LogP contribution in [0.25, 0.3) is 0 Å². The third-order valence-electron chi connectivity index (χ3n) is 3.16. The van der Waals surface area contributed by atoms with E-state index in [1.807, 2.05) is 37.3 Å². The Bertz CT molecular complexity index is 639. The van der Waals surface area contributed by atoms with Gasteiger partial charge >= 0.3 is 0 Å². The molecular formula is C18H20N2O3. The van der Waals surface area contributed by atoms with E-state index >= 15 is 0 Å². The number of hydrogen-bond donors (Lipinski definition) is 2. The molecule has 0 bridgehead atoms. The van der Waals surface area contributed by atoms with Gasteiger partial charge in [-0.1, -0.05) is 35.9 Å². The molecule has 0 spiro atoms. The van der Waals surface area contributed by atoms with E-state index in [-0.39, 0.29) is 18.4 Å². The SMILES string of the molecule is Cc1ccc(OCCNC(=O)CNC(=O)c2ccccc2)cc1. The van der Waals surface area contributed by atoms with Crippen molar-refractivity contribution in [3.8, 4) is 5.75 Å². The molecule has 2 N–H and O–H groups in total. The lowest BCUT2D eigenvalue weighted by Crippen LogP contribution is -2.38. The smallest absolute Gasteiger partial charge is 0.251 e. The monoisotopic (exact) mass is 312 g/mol. The Morgan fingerprint density at radius 3 is 2.35 bits per heavy atom. The Kier molecular flexibility index (Phi) is 6.17. The zero-order valence-electron chi connectivity index (χ0n) is 13.0. The minimum absolute atomic E-state index is 0.0573. The van der Waals surface area contributed by atoms with Crippen LogP contribution in [0.15, 0.2) is 54.6 Å². The maximum Gasteiger partial charge on any atom is 0.251 e. The molecule has 0 fully saturated rings. The summed E-state index contributed by atoms with van der Waals surface area (Å²) in [6.45, 7) is 2.71. The molecule has 2 aromatic rings. The zero-order chi connectivity index (χ0) is 16.5. The van der Waals surface area contributed by atoms with Crippen molar-refractivity contribution in [3.05, 3.63) is 65.7 Å². The van der Waals surface area contributed by atoms with E-state index in [1.54, 1.807) is 24.3 Å². The van der Waals surface area contributed by atoms with Gasteiger partial charge in [0.2, 0.25) is 5.91 Å². The number of rotatable bonds is 7. The van der Waals surface area contributed by atoms with E-state index in [4.69, 9.17) is 4.74 Å². The molecule has 0 atom stereocenters. The van der Waals surface area contributed by atoms with Gasteiger partial charge in [-0.15, -0.1) is 0 Å². The lowest BCUT2D eigenvalue weighted by molar-refractivity contribution is -0.120. The highest BCUT2D eigenvalue weighted by Gasteiger charge is 2.06. The van der Waals surface area contributed by atoms with E-state index in [9.17, 15) is 9.59 Å². The van der Waals surface area contributed by atoms with Crippen LogP contribution >= 0.6 is 0 Å². The summed E-state index contributed by atoms with van der Waals surface area (Å²) >= 11 is 0. The standard InChI is InChI=1S/C18H20N2O3/c1-14-7-9-16(10-8-14)23-12-11-19-17(21)13-20-18(22)15-5-3-2-4-6-15/h2-10H,11-13H2,1H3,(H,19,21)(H,20,22). The summed E-state index contributed by atoms with van der Waals surface area (Å²) < 4.78 is 5.50. The van der Waals surface area contributed by atoms with Crippen molar-refractivity contribution in [1.29, 1.82) is 0 Å². The highest BCUT2D eigenvalue weighted by Crippen LogP contribution is 2.10. The molecule has 0 aliphatic heterocycles. The molecule has 5 heteroatoms. The first-order valence-electron chi connectivity index (χ1n) is 7.44. The number of aryl methyl sites for hydroxylation is 1. The molecule has 2 aromatic carbocycles. The number of carbonyl (C=O) groups is 2. The van der Waals surface area contributed by atoms with Crippen LogP contribution < -0.4 is 15.4 Å². The fourth-order valence-corrected chi connectivity index (χ4v) is 1.91. The Hall–Kier alpha value is -2.82. The van der Waals surface area contributed by atoms with Gasteiger partial charge in [0, 0.05) is 5.56 Å². The molecule has 2 amide bonds. The highest BCUT2D eigenvalue weighted by molar-refractivity contribution is 5.96. The molecule has 0 aromatic heterocycles. The van der Waals surface area contributed by atoms with E-state index in [0.29, 0.717) is 18.7 Å². The second kappa shape index (κ2) is 8.58. The minimum Gasteiger partial charge on any atom is -0.492 e.